The fourth-order valence-electron chi connectivity index (χ4n) is 2.44. The van der Waals surface area contributed by atoms with Gasteiger partial charge in [-0.3, -0.25) is 9.59 Å². The molecular weight excluding hydrogens is 294 g/mol. The average molecular weight is 327 g/mol. The van der Waals surface area contributed by atoms with Crippen LogP contribution in [0.4, 0.5) is 4.79 Å². The zero-order valence-corrected chi connectivity index (χ0v) is 15.4. The number of carbonyl (C=O) groups excluding carboxylic acids is 3. The van der Waals surface area contributed by atoms with Crippen molar-refractivity contribution in [2.24, 2.45) is 23.0 Å². The van der Waals surface area contributed by atoms with Gasteiger partial charge >= 0.3 is 6.03 Å². The summed E-state index contributed by atoms with van der Waals surface area (Å²) in [6.07, 6.45) is 1.84. The number of urea groups is 1. The molecule has 0 bridgehead atoms. The SMILES string of the molecule is CC(C)CC(C)C(=O)NC(CCCNC(N)=O)C(=O)C(C)(C)C. The van der Waals surface area contributed by atoms with E-state index in [0.29, 0.717) is 25.3 Å². The van der Waals surface area contributed by atoms with Crippen molar-refractivity contribution in [1.29, 1.82) is 0 Å². The summed E-state index contributed by atoms with van der Waals surface area (Å²) in [5.41, 5.74) is 4.49. The van der Waals surface area contributed by atoms with Gasteiger partial charge in [0.1, 0.15) is 0 Å². The highest BCUT2D eigenvalue weighted by atomic mass is 16.2. The zero-order valence-electron chi connectivity index (χ0n) is 15.4. The predicted molar refractivity (Wildman–Crippen MR) is 91.8 cm³/mol. The molecular formula is C17H33N3O3. The van der Waals surface area contributed by atoms with Gasteiger partial charge in [-0.05, 0) is 25.2 Å². The van der Waals surface area contributed by atoms with Crippen LogP contribution in [-0.2, 0) is 9.59 Å². The summed E-state index contributed by atoms with van der Waals surface area (Å²) < 4.78 is 0. The first-order chi connectivity index (χ1) is 10.4. The molecule has 3 amide bonds. The van der Waals surface area contributed by atoms with Gasteiger partial charge in [0.05, 0.1) is 6.04 Å². The number of carbonyl (C=O) groups is 3. The Balaban J connectivity index is 4.75. The van der Waals surface area contributed by atoms with E-state index in [1.807, 2.05) is 27.7 Å². The van der Waals surface area contributed by atoms with Crippen molar-refractivity contribution in [2.45, 2.75) is 66.8 Å². The van der Waals surface area contributed by atoms with E-state index in [9.17, 15) is 14.4 Å². The van der Waals surface area contributed by atoms with Crippen molar-refractivity contribution in [3.63, 3.8) is 0 Å². The number of ketones is 1. The molecule has 6 nitrogen and oxygen atoms in total. The molecule has 0 aromatic heterocycles. The highest BCUT2D eigenvalue weighted by molar-refractivity contribution is 5.92. The van der Waals surface area contributed by atoms with Gasteiger partial charge in [-0.25, -0.2) is 4.79 Å². The third-order valence-electron chi connectivity index (χ3n) is 3.61. The highest BCUT2D eigenvalue weighted by Crippen LogP contribution is 2.20. The van der Waals surface area contributed by atoms with E-state index in [1.165, 1.54) is 0 Å². The molecule has 0 saturated carbocycles. The molecule has 0 spiro atoms. The summed E-state index contributed by atoms with van der Waals surface area (Å²) in [5.74, 6) is 0.201. The third-order valence-corrected chi connectivity index (χ3v) is 3.61. The maximum atomic E-state index is 12.5. The molecule has 2 atom stereocenters. The van der Waals surface area contributed by atoms with Gasteiger partial charge in [0.25, 0.3) is 0 Å². The Morgan fingerprint density at radius 2 is 1.65 bits per heavy atom. The summed E-state index contributed by atoms with van der Waals surface area (Å²) >= 11 is 0. The largest absolute Gasteiger partial charge is 0.352 e. The quantitative estimate of drug-likeness (QED) is 0.566. The molecule has 4 N–H and O–H groups in total. The van der Waals surface area contributed by atoms with E-state index in [0.717, 1.165) is 6.42 Å². The van der Waals surface area contributed by atoms with Gasteiger partial charge in [0, 0.05) is 17.9 Å². The third kappa shape index (κ3) is 9.21. The molecule has 0 aromatic rings. The Bertz CT molecular complexity index is 414. The monoisotopic (exact) mass is 327 g/mol. The topological polar surface area (TPSA) is 101 Å². The lowest BCUT2D eigenvalue weighted by molar-refractivity contribution is -0.134. The van der Waals surface area contributed by atoms with Crippen LogP contribution in [0.3, 0.4) is 0 Å². The molecule has 6 heteroatoms. The van der Waals surface area contributed by atoms with Crippen LogP contribution in [-0.4, -0.2) is 30.3 Å². The molecule has 0 rings (SSSR count). The van der Waals surface area contributed by atoms with Crippen molar-refractivity contribution >= 4 is 17.7 Å². The lowest BCUT2D eigenvalue weighted by Gasteiger charge is -2.27. The van der Waals surface area contributed by atoms with Crippen LogP contribution in [0.15, 0.2) is 0 Å². The van der Waals surface area contributed by atoms with Gasteiger partial charge in [0.2, 0.25) is 5.91 Å². The molecule has 0 radical (unpaired) electrons. The smallest absolute Gasteiger partial charge is 0.312 e. The van der Waals surface area contributed by atoms with Gasteiger partial charge in [-0.15, -0.1) is 0 Å². The first kappa shape index (κ1) is 21.4. The molecule has 134 valence electrons. The summed E-state index contributed by atoms with van der Waals surface area (Å²) in [7, 11) is 0. The summed E-state index contributed by atoms with van der Waals surface area (Å²) in [4.78, 5) is 35.5. The standard InChI is InChI=1S/C17H33N3O3/c1-11(2)10-12(3)15(22)20-13(14(21)17(4,5)6)8-7-9-19-16(18)23/h11-13H,7-10H2,1-6H3,(H,20,22)(H3,18,19,23). The molecule has 0 aliphatic rings. The number of primary amides is 1. The molecule has 23 heavy (non-hydrogen) atoms. The number of nitrogens with one attached hydrogen (secondary N) is 2. The number of Topliss-reactive ketones (excluding diaryl/α,β-unsaturated/α-hetero) is 1. The van der Waals surface area contributed by atoms with Gasteiger partial charge in [-0.2, -0.15) is 0 Å². The van der Waals surface area contributed by atoms with E-state index in [1.54, 1.807) is 0 Å². The molecule has 0 aliphatic carbocycles. The second kappa shape index (κ2) is 9.53. The van der Waals surface area contributed by atoms with Crippen molar-refractivity contribution in [1.82, 2.24) is 10.6 Å². The Morgan fingerprint density at radius 1 is 1.09 bits per heavy atom. The number of hydrogen-bond donors (Lipinski definition) is 3. The van der Waals surface area contributed by atoms with Crippen molar-refractivity contribution in [3.8, 4) is 0 Å². The van der Waals surface area contributed by atoms with Crippen LogP contribution in [0.25, 0.3) is 0 Å². The lowest BCUT2D eigenvalue weighted by atomic mass is 9.84. The minimum absolute atomic E-state index is 0.00155. The molecule has 0 heterocycles. The molecule has 0 aromatic carbocycles. The molecule has 2 unspecified atom stereocenters. The summed E-state index contributed by atoms with van der Waals surface area (Å²) in [6, 6.07) is -1.12. The molecule has 0 saturated heterocycles. The van der Waals surface area contributed by atoms with Gasteiger partial charge in [0.15, 0.2) is 5.78 Å². The highest BCUT2D eigenvalue weighted by Gasteiger charge is 2.31. The Kier molecular flexibility index (Phi) is 8.87. The average Bonchev–Trinajstić information content (AvgIpc) is 2.38. The number of amides is 3. The van der Waals surface area contributed by atoms with Crippen LogP contribution in [0, 0.1) is 17.3 Å². The first-order valence-electron chi connectivity index (χ1n) is 8.33. The van der Waals surface area contributed by atoms with Crippen LogP contribution < -0.4 is 16.4 Å². The van der Waals surface area contributed by atoms with Crippen LogP contribution in [0.5, 0.6) is 0 Å². The Labute approximate surface area is 140 Å². The second-order valence-electron chi connectivity index (χ2n) is 7.64. The summed E-state index contributed by atoms with van der Waals surface area (Å²) in [5, 5.41) is 5.38. The van der Waals surface area contributed by atoms with Gasteiger partial charge in [-0.1, -0.05) is 41.5 Å². The van der Waals surface area contributed by atoms with Crippen LogP contribution in [0.1, 0.15) is 60.8 Å². The van der Waals surface area contributed by atoms with E-state index in [4.69, 9.17) is 5.73 Å². The fourth-order valence-corrected chi connectivity index (χ4v) is 2.44. The maximum absolute atomic E-state index is 12.5. The summed E-state index contributed by atoms with van der Waals surface area (Å²) in [6.45, 7) is 11.9. The minimum atomic E-state index is -0.585. The second-order valence-corrected chi connectivity index (χ2v) is 7.64. The number of nitrogens with two attached hydrogens (primary N) is 1. The normalized spacial score (nSPS) is 14.2. The lowest BCUT2D eigenvalue weighted by Crippen LogP contribution is -2.47. The van der Waals surface area contributed by atoms with E-state index in [-0.39, 0.29) is 17.6 Å². The number of hydrogen-bond acceptors (Lipinski definition) is 3. The van der Waals surface area contributed by atoms with Crippen molar-refractivity contribution in [3.05, 3.63) is 0 Å². The van der Waals surface area contributed by atoms with Crippen molar-refractivity contribution in [2.75, 3.05) is 6.54 Å². The minimum Gasteiger partial charge on any atom is -0.352 e. The van der Waals surface area contributed by atoms with Crippen LogP contribution >= 0.6 is 0 Å². The zero-order chi connectivity index (χ0) is 18.2. The predicted octanol–water partition coefficient (Wildman–Crippen LogP) is 2.22. The first-order valence-corrected chi connectivity index (χ1v) is 8.33. The van der Waals surface area contributed by atoms with E-state index in [2.05, 4.69) is 24.5 Å². The molecule has 0 fully saturated rings. The maximum Gasteiger partial charge on any atom is 0.312 e. The van der Waals surface area contributed by atoms with E-state index < -0.39 is 17.5 Å². The fraction of sp³-hybridized carbons (Fsp3) is 0.824. The number of rotatable bonds is 9. The van der Waals surface area contributed by atoms with Crippen molar-refractivity contribution < 1.29 is 14.4 Å². The van der Waals surface area contributed by atoms with E-state index >= 15 is 0 Å². The molecule has 0 aliphatic heterocycles. The van der Waals surface area contributed by atoms with Gasteiger partial charge < -0.3 is 16.4 Å². The Hall–Kier alpha value is -1.59. The Morgan fingerprint density at radius 3 is 2.09 bits per heavy atom. The van der Waals surface area contributed by atoms with Crippen LogP contribution in [0.2, 0.25) is 0 Å².